The SMILES string of the molecule is C[C@H](NC(=O)C12CC3CC(CC(C3)C1)C2)C(=O)N1CCC(C(=O)Nc2ccc3c(c2)OCO3)CC1. The average Bonchev–Trinajstić information content (AvgIpc) is 3.31. The molecule has 8 heteroatoms. The summed E-state index contributed by atoms with van der Waals surface area (Å²) >= 11 is 0. The molecule has 8 nitrogen and oxygen atoms in total. The van der Waals surface area contributed by atoms with E-state index in [9.17, 15) is 14.4 Å². The molecule has 35 heavy (non-hydrogen) atoms. The molecule has 2 heterocycles. The Morgan fingerprint density at radius 2 is 1.60 bits per heavy atom. The molecule has 0 aromatic heterocycles. The van der Waals surface area contributed by atoms with Crippen LogP contribution >= 0.6 is 0 Å². The molecular formula is C27H35N3O5. The van der Waals surface area contributed by atoms with Crippen LogP contribution in [-0.4, -0.2) is 48.5 Å². The Balaban J connectivity index is 0.998. The average molecular weight is 482 g/mol. The van der Waals surface area contributed by atoms with Crippen LogP contribution in [0.1, 0.15) is 58.3 Å². The highest BCUT2D eigenvalue weighted by molar-refractivity contribution is 5.93. The summed E-state index contributed by atoms with van der Waals surface area (Å²) in [5, 5.41) is 6.05. The Kier molecular flexibility index (Phi) is 5.65. The molecule has 1 aromatic rings. The lowest BCUT2D eigenvalue weighted by atomic mass is 9.49. The zero-order valence-electron chi connectivity index (χ0n) is 20.4. The standard InChI is InChI=1S/C27H35N3O5/c1-16(28-26(33)27-12-17-8-18(13-27)10-19(9-17)14-27)25(32)30-6-4-20(5-7-30)24(31)29-21-2-3-22-23(11-21)35-15-34-22/h2-3,11,16-20H,4-10,12-15H2,1H3,(H,28,33)(H,29,31)/t16-,17?,18?,19?,27?/m0/s1. The number of benzene rings is 1. The van der Waals surface area contributed by atoms with Crippen molar-refractivity contribution in [2.75, 3.05) is 25.2 Å². The van der Waals surface area contributed by atoms with E-state index in [2.05, 4.69) is 10.6 Å². The van der Waals surface area contributed by atoms with Crippen molar-refractivity contribution in [3.05, 3.63) is 18.2 Å². The molecule has 5 fully saturated rings. The van der Waals surface area contributed by atoms with Gasteiger partial charge in [-0.05, 0) is 88.2 Å². The van der Waals surface area contributed by atoms with Crippen LogP contribution in [0.15, 0.2) is 18.2 Å². The van der Waals surface area contributed by atoms with Crippen molar-refractivity contribution in [1.29, 1.82) is 0 Å². The third kappa shape index (κ3) is 4.25. The van der Waals surface area contributed by atoms with Crippen LogP contribution in [0.2, 0.25) is 0 Å². The van der Waals surface area contributed by atoms with E-state index in [1.165, 1.54) is 19.3 Å². The van der Waals surface area contributed by atoms with Gasteiger partial charge >= 0.3 is 0 Å². The molecule has 1 atom stereocenters. The van der Waals surface area contributed by atoms with Crippen molar-refractivity contribution in [3.63, 3.8) is 0 Å². The maximum Gasteiger partial charge on any atom is 0.244 e. The van der Waals surface area contributed by atoms with Crippen molar-refractivity contribution < 1.29 is 23.9 Å². The molecule has 188 valence electrons. The van der Waals surface area contributed by atoms with Gasteiger partial charge < -0.3 is 25.0 Å². The molecule has 0 spiro atoms. The number of amides is 3. The first-order valence-electron chi connectivity index (χ1n) is 13.2. The predicted octanol–water partition coefficient (Wildman–Crippen LogP) is 3.31. The number of likely N-dealkylation sites (tertiary alicyclic amines) is 1. The minimum Gasteiger partial charge on any atom is -0.454 e. The number of nitrogens with one attached hydrogen (secondary N) is 2. The number of carbonyl (C=O) groups is 3. The van der Waals surface area contributed by atoms with Gasteiger partial charge in [0.15, 0.2) is 11.5 Å². The predicted molar refractivity (Wildman–Crippen MR) is 129 cm³/mol. The van der Waals surface area contributed by atoms with Gasteiger partial charge in [0.1, 0.15) is 6.04 Å². The number of rotatable bonds is 5. The summed E-state index contributed by atoms with van der Waals surface area (Å²) in [5.41, 5.74) is 0.432. The van der Waals surface area contributed by atoms with E-state index in [4.69, 9.17) is 9.47 Å². The molecule has 7 rings (SSSR count). The molecule has 1 aromatic carbocycles. The van der Waals surface area contributed by atoms with Crippen LogP contribution in [0.4, 0.5) is 5.69 Å². The van der Waals surface area contributed by atoms with Crippen LogP contribution in [0.25, 0.3) is 0 Å². The number of fused-ring (bicyclic) bond motifs is 1. The Labute approximate surface area is 206 Å². The lowest BCUT2D eigenvalue weighted by Gasteiger charge is -2.55. The molecule has 6 aliphatic rings. The maximum absolute atomic E-state index is 13.3. The summed E-state index contributed by atoms with van der Waals surface area (Å²) in [4.78, 5) is 41.0. The normalized spacial score (nSPS) is 31.8. The van der Waals surface area contributed by atoms with Crippen LogP contribution in [0.5, 0.6) is 11.5 Å². The summed E-state index contributed by atoms with van der Waals surface area (Å²) < 4.78 is 10.7. The largest absolute Gasteiger partial charge is 0.454 e. The number of carbonyl (C=O) groups excluding carboxylic acids is 3. The Morgan fingerprint density at radius 3 is 2.26 bits per heavy atom. The highest BCUT2D eigenvalue weighted by Gasteiger charge is 2.54. The van der Waals surface area contributed by atoms with Crippen molar-refractivity contribution in [1.82, 2.24) is 10.2 Å². The van der Waals surface area contributed by atoms with Crippen LogP contribution in [-0.2, 0) is 14.4 Å². The fourth-order valence-electron chi connectivity index (χ4n) is 7.65. The van der Waals surface area contributed by atoms with Gasteiger partial charge in [0.05, 0.1) is 0 Å². The molecule has 3 amide bonds. The zero-order valence-corrected chi connectivity index (χ0v) is 20.4. The van der Waals surface area contributed by atoms with Crippen LogP contribution in [0.3, 0.4) is 0 Å². The quantitative estimate of drug-likeness (QED) is 0.673. The molecule has 4 saturated carbocycles. The number of anilines is 1. The Bertz CT molecular complexity index is 996. The summed E-state index contributed by atoms with van der Waals surface area (Å²) in [7, 11) is 0. The van der Waals surface area contributed by atoms with Crippen molar-refractivity contribution in [2.24, 2.45) is 29.1 Å². The van der Waals surface area contributed by atoms with Gasteiger partial charge in [-0.2, -0.15) is 0 Å². The van der Waals surface area contributed by atoms with Gasteiger partial charge in [-0.3, -0.25) is 14.4 Å². The summed E-state index contributed by atoms with van der Waals surface area (Å²) in [5.74, 6) is 3.25. The van der Waals surface area contributed by atoms with E-state index in [0.717, 1.165) is 19.3 Å². The van der Waals surface area contributed by atoms with E-state index in [1.54, 1.807) is 30.0 Å². The third-order valence-corrected chi connectivity index (χ3v) is 9.06. The number of hydrogen-bond acceptors (Lipinski definition) is 5. The minimum absolute atomic E-state index is 0.0425. The third-order valence-electron chi connectivity index (χ3n) is 9.06. The molecule has 4 bridgehead atoms. The molecular weight excluding hydrogens is 446 g/mol. The van der Waals surface area contributed by atoms with Gasteiger partial charge in [0.25, 0.3) is 0 Å². The van der Waals surface area contributed by atoms with Crippen LogP contribution < -0.4 is 20.1 Å². The van der Waals surface area contributed by atoms with E-state index >= 15 is 0 Å². The van der Waals surface area contributed by atoms with Gasteiger partial charge in [0.2, 0.25) is 24.5 Å². The van der Waals surface area contributed by atoms with Gasteiger partial charge in [0, 0.05) is 36.2 Å². The zero-order chi connectivity index (χ0) is 24.2. The smallest absolute Gasteiger partial charge is 0.244 e. The second-order valence-corrected chi connectivity index (χ2v) is 11.5. The minimum atomic E-state index is -0.533. The summed E-state index contributed by atoms with van der Waals surface area (Å²) in [6.07, 6.45) is 8.07. The second kappa shape index (κ2) is 8.71. The lowest BCUT2D eigenvalue weighted by Crippen LogP contribution is -2.57. The fraction of sp³-hybridized carbons (Fsp3) is 0.667. The molecule has 0 radical (unpaired) electrons. The Hall–Kier alpha value is -2.77. The summed E-state index contributed by atoms with van der Waals surface area (Å²) in [6, 6.07) is 4.83. The molecule has 2 aliphatic heterocycles. The Morgan fingerprint density at radius 1 is 0.971 bits per heavy atom. The molecule has 2 N–H and O–H groups in total. The number of hydrogen-bond donors (Lipinski definition) is 2. The fourth-order valence-corrected chi connectivity index (χ4v) is 7.65. The first kappa shape index (κ1) is 22.7. The van der Waals surface area contributed by atoms with Crippen molar-refractivity contribution in [3.8, 4) is 11.5 Å². The molecule has 4 aliphatic carbocycles. The number of nitrogens with zero attached hydrogens (tertiary/aromatic N) is 1. The maximum atomic E-state index is 13.3. The van der Waals surface area contributed by atoms with E-state index in [1.807, 2.05) is 0 Å². The van der Waals surface area contributed by atoms with Gasteiger partial charge in [-0.25, -0.2) is 0 Å². The highest BCUT2D eigenvalue weighted by atomic mass is 16.7. The monoisotopic (exact) mass is 481 g/mol. The first-order valence-corrected chi connectivity index (χ1v) is 13.2. The molecule has 1 saturated heterocycles. The lowest BCUT2D eigenvalue weighted by molar-refractivity contribution is -0.150. The molecule has 0 unspecified atom stereocenters. The van der Waals surface area contributed by atoms with Crippen molar-refractivity contribution >= 4 is 23.4 Å². The number of ether oxygens (including phenoxy) is 2. The van der Waals surface area contributed by atoms with E-state index < -0.39 is 6.04 Å². The summed E-state index contributed by atoms with van der Waals surface area (Å²) in [6.45, 7) is 3.05. The first-order chi connectivity index (χ1) is 16.9. The van der Waals surface area contributed by atoms with Gasteiger partial charge in [-0.1, -0.05) is 0 Å². The van der Waals surface area contributed by atoms with Crippen molar-refractivity contribution in [2.45, 2.75) is 64.3 Å². The van der Waals surface area contributed by atoms with E-state index in [-0.39, 0.29) is 35.8 Å². The van der Waals surface area contributed by atoms with E-state index in [0.29, 0.717) is 60.9 Å². The highest BCUT2D eigenvalue weighted by Crippen LogP contribution is 2.60. The topological polar surface area (TPSA) is 97.0 Å². The van der Waals surface area contributed by atoms with Gasteiger partial charge in [-0.15, -0.1) is 0 Å². The second-order valence-electron chi connectivity index (χ2n) is 11.5. The number of piperidine rings is 1. The van der Waals surface area contributed by atoms with Crippen LogP contribution in [0, 0.1) is 29.1 Å².